The Labute approximate surface area is 429 Å². The van der Waals surface area contributed by atoms with Gasteiger partial charge in [-0.2, -0.15) is 0 Å². The molecule has 0 amide bonds. The lowest BCUT2D eigenvalue weighted by Gasteiger charge is -2.38. The SMILES string of the molecule is CCC1CC(CCCC2CC(CC(O)CCCC3CC(CCCC(O)CC4C[C@H](C)OC(c5cccc(O)c5)O4)OC(c4cccc(O)c4)O3)OC(c3ccc(S(N)(=O)=O)cc3)O2)OC(c2cccc(O)c2)O1. The molecule has 13 unspecified atom stereocenters. The molecule has 4 aliphatic heterocycles. The average molecular weight is 1030 g/mol. The summed E-state index contributed by atoms with van der Waals surface area (Å²) in [5, 5.41) is 58.5. The monoisotopic (exact) mass is 1030 g/mol. The predicted octanol–water partition coefficient (Wildman–Crippen LogP) is 9.69. The van der Waals surface area contributed by atoms with E-state index >= 15 is 0 Å². The zero-order valence-electron chi connectivity index (χ0n) is 41.9. The molecule has 16 nitrogen and oxygen atoms in total. The summed E-state index contributed by atoms with van der Waals surface area (Å²) in [5.41, 5.74) is 2.86. The van der Waals surface area contributed by atoms with Crippen molar-refractivity contribution in [3.8, 4) is 17.2 Å². The summed E-state index contributed by atoms with van der Waals surface area (Å²) in [5.74, 6) is 0.409. The Morgan fingerprint density at radius 2 is 0.863 bits per heavy atom. The summed E-state index contributed by atoms with van der Waals surface area (Å²) in [6.07, 6.45) is 5.25. The van der Waals surface area contributed by atoms with Crippen molar-refractivity contribution in [2.45, 2.75) is 208 Å². The summed E-state index contributed by atoms with van der Waals surface area (Å²) in [4.78, 5) is -0.0126. The maximum absolute atomic E-state index is 12.0. The van der Waals surface area contributed by atoms with Crippen molar-refractivity contribution in [3.05, 3.63) is 119 Å². The Balaban J connectivity index is 0.838. The Morgan fingerprint density at radius 1 is 0.493 bits per heavy atom. The summed E-state index contributed by atoms with van der Waals surface area (Å²) < 4.78 is 74.9. The number of phenolic OH excluding ortho intramolecular Hbond substituents is 3. The van der Waals surface area contributed by atoms with Crippen molar-refractivity contribution in [1.29, 1.82) is 0 Å². The van der Waals surface area contributed by atoms with Gasteiger partial charge in [0.2, 0.25) is 10.0 Å². The van der Waals surface area contributed by atoms with E-state index in [-0.39, 0.29) is 71.0 Å². The molecule has 4 aromatic rings. The number of hydrogen-bond donors (Lipinski definition) is 6. The highest BCUT2D eigenvalue weighted by molar-refractivity contribution is 7.89. The maximum Gasteiger partial charge on any atom is 0.238 e. The normalized spacial score (nSPS) is 29.9. The number of aliphatic hydroxyl groups excluding tert-OH is 2. The highest BCUT2D eigenvalue weighted by Crippen LogP contribution is 2.39. The highest BCUT2D eigenvalue weighted by Gasteiger charge is 2.36. The molecule has 400 valence electrons. The van der Waals surface area contributed by atoms with Crippen LogP contribution in [0.4, 0.5) is 0 Å². The van der Waals surface area contributed by atoms with Crippen molar-refractivity contribution in [1.82, 2.24) is 0 Å². The first-order valence-corrected chi connectivity index (χ1v) is 27.8. The number of aliphatic hydroxyl groups is 2. The summed E-state index contributed by atoms with van der Waals surface area (Å²) in [6, 6.07) is 26.9. The summed E-state index contributed by atoms with van der Waals surface area (Å²) in [7, 11) is -3.90. The fraction of sp³-hybridized carbons (Fsp3) is 0.571. The standard InChI is InChI=1S/C56H75NO15S/c1-3-45-32-46(68-55(66-45)38-11-5-14-41(59)28-38)20-9-21-49-34-51(72-53(67-49)36-22-24-52(25-23-36)73(57,63)64)31-44(62)17-8-19-48-33-47(69-56(70-48)39-12-6-15-42(60)29-39)18-7-16-43(61)30-50-26-35(2)65-54(71-50)37-10-4-13-40(58)27-37/h4-6,10-15,22-25,27-29,35,43-51,53-56,58-62H,3,7-9,16-21,26,30-34H2,1-2H3,(H2,57,63,64)/t35-,43?,44?,45?,46?,47?,48?,49?,50?,51?,53?,54?,55?,56?/m0/s1. The molecule has 0 bridgehead atoms. The van der Waals surface area contributed by atoms with Crippen LogP contribution in [-0.4, -0.2) is 95.0 Å². The molecule has 17 heteroatoms. The van der Waals surface area contributed by atoms with Gasteiger partial charge < -0.3 is 63.4 Å². The Morgan fingerprint density at radius 3 is 1.30 bits per heavy atom. The van der Waals surface area contributed by atoms with E-state index in [4.69, 9.17) is 43.0 Å². The average Bonchev–Trinajstić information content (AvgIpc) is 3.36. The van der Waals surface area contributed by atoms with E-state index in [1.165, 1.54) is 12.1 Å². The van der Waals surface area contributed by atoms with E-state index in [0.717, 1.165) is 36.8 Å². The topological polar surface area (TPSA) is 235 Å². The molecule has 14 atom stereocenters. The lowest BCUT2D eigenvalue weighted by Crippen LogP contribution is -2.36. The Kier molecular flexibility index (Phi) is 19.6. The molecule has 0 radical (unpaired) electrons. The lowest BCUT2D eigenvalue weighted by molar-refractivity contribution is -0.257. The van der Waals surface area contributed by atoms with E-state index < -0.39 is 47.4 Å². The third-order valence-electron chi connectivity index (χ3n) is 14.4. The second-order valence-electron chi connectivity index (χ2n) is 20.4. The molecule has 4 aliphatic rings. The second kappa shape index (κ2) is 26.0. The zero-order chi connectivity index (χ0) is 51.5. The minimum Gasteiger partial charge on any atom is -0.508 e. The van der Waals surface area contributed by atoms with Gasteiger partial charge in [0.15, 0.2) is 25.2 Å². The third-order valence-corrected chi connectivity index (χ3v) is 15.3. The van der Waals surface area contributed by atoms with Gasteiger partial charge in [0.05, 0.1) is 65.9 Å². The van der Waals surface area contributed by atoms with Gasteiger partial charge in [0.25, 0.3) is 0 Å². The molecule has 0 spiro atoms. The minimum absolute atomic E-state index is 0.0126. The molecule has 8 rings (SSSR count). The van der Waals surface area contributed by atoms with Crippen molar-refractivity contribution < 1.29 is 71.8 Å². The summed E-state index contributed by atoms with van der Waals surface area (Å²) >= 11 is 0. The fourth-order valence-electron chi connectivity index (χ4n) is 10.6. The van der Waals surface area contributed by atoms with Crippen molar-refractivity contribution >= 4 is 10.0 Å². The van der Waals surface area contributed by atoms with Crippen LogP contribution in [-0.2, 0) is 47.9 Å². The van der Waals surface area contributed by atoms with Crippen LogP contribution in [0.5, 0.6) is 17.2 Å². The molecular weight excluding hydrogens is 959 g/mol. The number of primary sulfonamides is 1. The number of nitrogens with two attached hydrogens (primary N) is 1. The first-order valence-electron chi connectivity index (χ1n) is 26.2. The van der Waals surface area contributed by atoms with Crippen LogP contribution in [0.1, 0.15) is 164 Å². The molecule has 0 aliphatic carbocycles. The van der Waals surface area contributed by atoms with Gasteiger partial charge in [-0.05, 0) is 139 Å². The van der Waals surface area contributed by atoms with Gasteiger partial charge in [-0.1, -0.05) is 55.5 Å². The smallest absolute Gasteiger partial charge is 0.238 e. The van der Waals surface area contributed by atoms with Gasteiger partial charge in [-0.25, -0.2) is 13.6 Å². The molecule has 4 fully saturated rings. The molecule has 4 saturated heterocycles. The van der Waals surface area contributed by atoms with Gasteiger partial charge in [0, 0.05) is 41.5 Å². The predicted molar refractivity (Wildman–Crippen MR) is 269 cm³/mol. The van der Waals surface area contributed by atoms with Gasteiger partial charge in [-0.15, -0.1) is 0 Å². The number of rotatable bonds is 22. The van der Waals surface area contributed by atoms with Crippen LogP contribution < -0.4 is 5.14 Å². The largest absolute Gasteiger partial charge is 0.508 e. The number of benzene rings is 4. The molecular formula is C56H75NO15S. The Hall–Kier alpha value is -4.21. The minimum atomic E-state index is -3.90. The van der Waals surface area contributed by atoms with E-state index in [9.17, 15) is 34.0 Å². The quantitative estimate of drug-likeness (QED) is 0.0430. The zero-order valence-corrected chi connectivity index (χ0v) is 42.8. The first kappa shape index (κ1) is 55.0. The molecule has 4 aromatic carbocycles. The molecule has 4 heterocycles. The van der Waals surface area contributed by atoms with Crippen LogP contribution in [0.2, 0.25) is 0 Å². The van der Waals surface area contributed by atoms with Crippen LogP contribution in [0.25, 0.3) is 0 Å². The number of sulfonamides is 1. The van der Waals surface area contributed by atoms with Gasteiger partial charge in [0.1, 0.15) is 17.2 Å². The van der Waals surface area contributed by atoms with Gasteiger partial charge >= 0.3 is 0 Å². The number of ether oxygens (including phenoxy) is 8. The molecule has 0 aromatic heterocycles. The second-order valence-corrected chi connectivity index (χ2v) is 22.0. The van der Waals surface area contributed by atoms with Crippen molar-refractivity contribution in [2.75, 3.05) is 0 Å². The van der Waals surface area contributed by atoms with Crippen molar-refractivity contribution in [3.63, 3.8) is 0 Å². The molecule has 0 saturated carbocycles. The van der Waals surface area contributed by atoms with E-state index in [0.29, 0.717) is 88.2 Å². The number of phenols is 3. The summed E-state index contributed by atoms with van der Waals surface area (Å²) in [6.45, 7) is 4.08. The van der Waals surface area contributed by atoms with E-state index in [1.54, 1.807) is 66.7 Å². The highest BCUT2D eigenvalue weighted by atomic mass is 32.2. The van der Waals surface area contributed by atoms with E-state index in [1.807, 2.05) is 25.1 Å². The van der Waals surface area contributed by atoms with Crippen LogP contribution >= 0.6 is 0 Å². The number of hydrogen-bond acceptors (Lipinski definition) is 15. The van der Waals surface area contributed by atoms with Crippen LogP contribution in [0, 0.1) is 0 Å². The van der Waals surface area contributed by atoms with E-state index in [2.05, 4.69) is 6.92 Å². The maximum atomic E-state index is 12.0. The number of aromatic hydroxyl groups is 3. The fourth-order valence-corrected chi connectivity index (χ4v) is 11.1. The lowest BCUT2D eigenvalue weighted by atomic mass is 9.94. The van der Waals surface area contributed by atoms with Crippen LogP contribution in [0.15, 0.2) is 102 Å². The molecule has 73 heavy (non-hydrogen) atoms. The first-order chi connectivity index (χ1) is 35.1. The third kappa shape index (κ3) is 16.4. The van der Waals surface area contributed by atoms with Crippen LogP contribution in [0.3, 0.4) is 0 Å². The van der Waals surface area contributed by atoms with Gasteiger partial charge in [-0.3, -0.25) is 0 Å². The molecule has 7 N–H and O–H groups in total. The Bertz CT molecular complexity index is 2440. The van der Waals surface area contributed by atoms with Crippen molar-refractivity contribution in [2.24, 2.45) is 5.14 Å².